The van der Waals surface area contributed by atoms with Crippen LogP contribution in [-0.4, -0.2) is 44.8 Å². The van der Waals surface area contributed by atoms with Crippen molar-refractivity contribution in [3.05, 3.63) is 75.7 Å². The van der Waals surface area contributed by atoms with Crippen molar-refractivity contribution in [2.45, 2.75) is 45.3 Å². The van der Waals surface area contributed by atoms with Gasteiger partial charge in [-0.15, -0.1) is 0 Å². The number of hydrogen-bond acceptors (Lipinski definition) is 7. The molecule has 0 saturated carbocycles. The van der Waals surface area contributed by atoms with Crippen LogP contribution in [0.4, 0.5) is 13.2 Å². The molecule has 5 rings (SSSR count). The molecule has 8 nitrogen and oxygen atoms in total. The number of aromatic nitrogens is 3. The Hall–Kier alpha value is -3.75. The van der Waals surface area contributed by atoms with Gasteiger partial charge in [0.25, 0.3) is 0 Å². The number of nitrogens with one attached hydrogen (secondary N) is 1. The molecule has 36 heavy (non-hydrogen) atoms. The van der Waals surface area contributed by atoms with E-state index in [4.69, 9.17) is 10.00 Å². The molecule has 2 aliphatic rings. The van der Waals surface area contributed by atoms with Crippen LogP contribution in [0.3, 0.4) is 0 Å². The number of carbonyl (C=O) groups is 1. The van der Waals surface area contributed by atoms with Gasteiger partial charge in [0.1, 0.15) is 12.7 Å². The van der Waals surface area contributed by atoms with Gasteiger partial charge in [-0.3, -0.25) is 4.90 Å². The number of cyclic esters (lactones) is 1. The molecule has 0 radical (unpaired) electrons. The van der Waals surface area contributed by atoms with Gasteiger partial charge in [0.05, 0.1) is 22.9 Å². The van der Waals surface area contributed by atoms with Crippen LogP contribution in [-0.2, 0) is 24.1 Å². The van der Waals surface area contributed by atoms with Gasteiger partial charge >= 0.3 is 12.1 Å². The van der Waals surface area contributed by atoms with E-state index >= 15 is 0 Å². The van der Waals surface area contributed by atoms with Gasteiger partial charge in [0.15, 0.2) is 5.82 Å². The van der Waals surface area contributed by atoms with Crippen molar-refractivity contribution in [1.82, 2.24) is 25.0 Å². The Kier molecular flexibility index (Phi) is 6.02. The van der Waals surface area contributed by atoms with E-state index in [0.717, 1.165) is 41.1 Å². The fraction of sp³-hybridized carbons (Fsp3) is 0.360. The predicted octanol–water partition coefficient (Wildman–Crippen LogP) is 3.67. The molecular formula is C25H23F3N6O2. The van der Waals surface area contributed by atoms with E-state index < -0.39 is 17.3 Å². The largest absolute Gasteiger partial charge is 0.457 e. The van der Waals surface area contributed by atoms with Crippen molar-refractivity contribution in [1.29, 1.82) is 5.26 Å². The zero-order chi connectivity index (χ0) is 25.6. The van der Waals surface area contributed by atoms with Gasteiger partial charge < -0.3 is 10.1 Å². The summed E-state index contributed by atoms with van der Waals surface area (Å²) in [6.45, 7) is 6.43. The summed E-state index contributed by atoms with van der Waals surface area (Å²) < 4.78 is 46.5. The minimum Gasteiger partial charge on any atom is -0.457 e. The molecule has 1 saturated heterocycles. The van der Waals surface area contributed by atoms with Crippen molar-refractivity contribution in [3.8, 4) is 11.9 Å². The van der Waals surface area contributed by atoms with Crippen molar-refractivity contribution >= 4 is 5.97 Å². The second-order valence-corrected chi connectivity index (χ2v) is 9.19. The van der Waals surface area contributed by atoms with Crippen LogP contribution in [0.5, 0.6) is 0 Å². The van der Waals surface area contributed by atoms with Gasteiger partial charge in [0.2, 0.25) is 0 Å². The van der Waals surface area contributed by atoms with E-state index in [9.17, 15) is 18.0 Å². The quantitative estimate of drug-likeness (QED) is 0.551. The van der Waals surface area contributed by atoms with Gasteiger partial charge in [0, 0.05) is 55.2 Å². The summed E-state index contributed by atoms with van der Waals surface area (Å²) >= 11 is 0. The molecule has 11 heteroatoms. The molecule has 1 aromatic carbocycles. The number of ether oxygens (including phenoxy) is 1. The van der Waals surface area contributed by atoms with E-state index in [-0.39, 0.29) is 23.9 Å². The number of halogens is 3. The smallest absolute Gasteiger partial charge is 0.417 e. The number of carbonyl (C=O) groups excluding carboxylic acids is 1. The number of esters is 1. The molecule has 1 unspecified atom stereocenters. The molecular weight excluding hydrogens is 473 g/mol. The van der Waals surface area contributed by atoms with E-state index in [0.29, 0.717) is 25.3 Å². The highest BCUT2D eigenvalue weighted by atomic mass is 19.4. The Bertz CT molecular complexity index is 1380. The first-order valence-corrected chi connectivity index (χ1v) is 11.4. The SMILES string of the molecule is Cc1c([C@@H]2CN(Cc3cnn(-c4cc(C(F)(F)F)c(C#N)cn4)c3)CC(C)N2)ccc2c1COC2=O. The average Bonchev–Trinajstić information content (AvgIpc) is 3.45. The summed E-state index contributed by atoms with van der Waals surface area (Å²) in [5.41, 5.74) is 2.96. The Labute approximate surface area is 205 Å². The molecule has 0 spiro atoms. The van der Waals surface area contributed by atoms with Gasteiger partial charge in [-0.2, -0.15) is 23.5 Å². The maximum atomic E-state index is 13.3. The summed E-state index contributed by atoms with van der Waals surface area (Å²) in [6.07, 6.45) is -0.488. The lowest BCUT2D eigenvalue weighted by Crippen LogP contribution is -2.50. The predicted molar refractivity (Wildman–Crippen MR) is 122 cm³/mol. The molecule has 1 N–H and O–H groups in total. The fourth-order valence-electron chi connectivity index (χ4n) is 4.95. The number of fused-ring (bicyclic) bond motifs is 1. The van der Waals surface area contributed by atoms with Crippen molar-refractivity contribution in [2.75, 3.05) is 13.1 Å². The number of benzene rings is 1. The van der Waals surface area contributed by atoms with Crippen molar-refractivity contribution in [2.24, 2.45) is 0 Å². The summed E-state index contributed by atoms with van der Waals surface area (Å²) in [5, 5.41) is 16.8. The number of hydrogen-bond donors (Lipinski definition) is 1. The third-order valence-corrected chi connectivity index (χ3v) is 6.63. The molecule has 0 bridgehead atoms. The van der Waals surface area contributed by atoms with Gasteiger partial charge in [-0.25, -0.2) is 14.5 Å². The number of piperazine rings is 1. The number of alkyl halides is 3. The lowest BCUT2D eigenvalue weighted by atomic mass is 9.92. The molecule has 2 aromatic heterocycles. The Morgan fingerprint density at radius 2 is 2.08 bits per heavy atom. The van der Waals surface area contributed by atoms with Crippen LogP contribution in [0.25, 0.3) is 5.82 Å². The Balaban J connectivity index is 1.34. The lowest BCUT2D eigenvalue weighted by Gasteiger charge is -2.38. The normalized spacial score (nSPS) is 20.2. The van der Waals surface area contributed by atoms with E-state index in [1.165, 1.54) is 10.8 Å². The third kappa shape index (κ3) is 4.45. The maximum Gasteiger partial charge on any atom is 0.417 e. The number of nitriles is 1. The topological polar surface area (TPSA) is 96.1 Å². The summed E-state index contributed by atoms with van der Waals surface area (Å²) in [7, 11) is 0. The summed E-state index contributed by atoms with van der Waals surface area (Å²) in [4.78, 5) is 18.1. The van der Waals surface area contributed by atoms with E-state index in [2.05, 4.69) is 27.2 Å². The van der Waals surface area contributed by atoms with Crippen LogP contribution in [0.2, 0.25) is 0 Å². The Morgan fingerprint density at radius 3 is 2.83 bits per heavy atom. The lowest BCUT2D eigenvalue weighted by molar-refractivity contribution is -0.137. The van der Waals surface area contributed by atoms with Crippen LogP contribution in [0.1, 0.15) is 56.7 Å². The highest BCUT2D eigenvalue weighted by Crippen LogP contribution is 2.33. The minimum absolute atomic E-state index is 0.00957. The van der Waals surface area contributed by atoms with Crippen LogP contribution in [0, 0.1) is 18.3 Å². The van der Waals surface area contributed by atoms with Crippen molar-refractivity contribution in [3.63, 3.8) is 0 Å². The molecule has 2 aliphatic heterocycles. The third-order valence-electron chi connectivity index (χ3n) is 6.63. The molecule has 4 heterocycles. The fourth-order valence-corrected chi connectivity index (χ4v) is 4.95. The van der Waals surface area contributed by atoms with Gasteiger partial charge in [-0.1, -0.05) is 6.07 Å². The highest BCUT2D eigenvalue weighted by molar-refractivity contribution is 5.94. The number of nitrogens with zero attached hydrogens (tertiary/aromatic N) is 5. The highest BCUT2D eigenvalue weighted by Gasteiger charge is 2.35. The first kappa shape index (κ1) is 24.0. The zero-order valence-electron chi connectivity index (χ0n) is 19.6. The number of pyridine rings is 1. The molecule has 2 atom stereocenters. The molecule has 1 fully saturated rings. The van der Waals surface area contributed by atoms with Crippen LogP contribution < -0.4 is 5.32 Å². The van der Waals surface area contributed by atoms with Crippen LogP contribution in [0.15, 0.2) is 36.8 Å². The molecule has 0 aliphatic carbocycles. The Morgan fingerprint density at radius 1 is 1.28 bits per heavy atom. The second-order valence-electron chi connectivity index (χ2n) is 9.19. The first-order valence-electron chi connectivity index (χ1n) is 11.4. The van der Waals surface area contributed by atoms with Gasteiger partial charge in [-0.05, 0) is 37.1 Å². The molecule has 186 valence electrons. The standard InChI is InChI=1S/C25H23F3N6O2/c1-14-9-33(12-22(32-14)18-3-4-19-20(15(18)2)13-36-24(19)35)10-16-7-31-34(11-16)23-5-21(25(26,27)28)17(6-29)8-30-23/h3-5,7-8,11,14,22,32H,9-10,12-13H2,1-2H3/t14?,22-/m0/s1. The molecule has 3 aromatic rings. The molecule has 0 amide bonds. The second kappa shape index (κ2) is 9.04. The van der Waals surface area contributed by atoms with Crippen LogP contribution >= 0.6 is 0 Å². The first-order chi connectivity index (χ1) is 17.1. The van der Waals surface area contributed by atoms with Crippen molar-refractivity contribution < 1.29 is 22.7 Å². The van der Waals surface area contributed by atoms with E-state index in [1.54, 1.807) is 12.4 Å². The minimum atomic E-state index is -4.67. The maximum absolute atomic E-state index is 13.3. The summed E-state index contributed by atoms with van der Waals surface area (Å²) in [5.74, 6) is -0.299. The zero-order valence-corrected chi connectivity index (χ0v) is 19.6. The monoisotopic (exact) mass is 496 g/mol. The summed E-state index contributed by atoms with van der Waals surface area (Å²) in [6, 6.07) is 6.40. The number of rotatable bonds is 4. The van der Waals surface area contributed by atoms with E-state index in [1.807, 2.05) is 19.1 Å². The average molecular weight is 496 g/mol.